The molecule has 2 fully saturated rings. The van der Waals surface area contributed by atoms with Gasteiger partial charge < -0.3 is 19.4 Å². The number of piperidine rings is 2. The average molecular weight is 381 g/mol. The van der Waals surface area contributed by atoms with Crippen molar-refractivity contribution in [3.8, 4) is 11.4 Å². The molecule has 1 N–H and O–H groups in total. The highest BCUT2D eigenvalue weighted by Crippen LogP contribution is 2.36. The summed E-state index contributed by atoms with van der Waals surface area (Å²) in [6, 6.07) is 3.98. The van der Waals surface area contributed by atoms with E-state index in [1.807, 2.05) is 28.4 Å². The Kier molecular flexibility index (Phi) is 4.34. The molecule has 2 aromatic rings. The number of hydrogen-bond donors (Lipinski definition) is 1. The van der Waals surface area contributed by atoms with Crippen molar-refractivity contribution in [2.45, 2.75) is 31.7 Å². The standard InChI is InChI=1S/C21H27N5O2/c1-24-8-7-23-19(24)17-4-5-18-16-9-14(12-26(18)21(17)28)11-25(13-16)20(27)15-3-2-6-22-10-15/h4-5,7-8,14-16,22H,2-3,6,9-13H2,1H3/t14-,15-,16+/m0/s1. The molecule has 0 aliphatic carbocycles. The van der Waals surface area contributed by atoms with E-state index < -0.39 is 0 Å². The Labute approximate surface area is 164 Å². The molecule has 7 heteroatoms. The van der Waals surface area contributed by atoms with E-state index in [2.05, 4.69) is 21.3 Å². The molecule has 3 atom stereocenters. The molecule has 2 bridgehead atoms. The zero-order valence-electron chi connectivity index (χ0n) is 16.3. The highest BCUT2D eigenvalue weighted by molar-refractivity contribution is 5.79. The molecule has 28 heavy (non-hydrogen) atoms. The number of amides is 1. The van der Waals surface area contributed by atoms with Gasteiger partial charge in [-0.15, -0.1) is 0 Å². The number of aromatic nitrogens is 3. The van der Waals surface area contributed by atoms with E-state index in [9.17, 15) is 9.59 Å². The highest BCUT2D eigenvalue weighted by Gasteiger charge is 2.38. The maximum absolute atomic E-state index is 13.2. The van der Waals surface area contributed by atoms with Gasteiger partial charge in [-0.3, -0.25) is 9.59 Å². The zero-order valence-corrected chi connectivity index (χ0v) is 16.3. The van der Waals surface area contributed by atoms with E-state index in [0.29, 0.717) is 29.8 Å². The van der Waals surface area contributed by atoms with Crippen LogP contribution in [0, 0.1) is 11.8 Å². The largest absolute Gasteiger partial charge is 0.341 e. The van der Waals surface area contributed by atoms with E-state index in [-0.39, 0.29) is 17.4 Å². The number of nitrogens with zero attached hydrogens (tertiary/aromatic N) is 4. The summed E-state index contributed by atoms with van der Waals surface area (Å²) in [5.74, 6) is 1.71. The van der Waals surface area contributed by atoms with Gasteiger partial charge >= 0.3 is 0 Å². The topological polar surface area (TPSA) is 72.2 Å². The predicted molar refractivity (Wildman–Crippen MR) is 106 cm³/mol. The molecule has 0 radical (unpaired) electrons. The fourth-order valence-electron chi connectivity index (χ4n) is 5.24. The first-order chi connectivity index (χ1) is 13.6. The van der Waals surface area contributed by atoms with Gasteiger partial charge in [-0.25, -0.2) is 4.98 Å². The van der Waals surface area contributed by atoms with Crippen molar-refractivity contribution in [2.75, 3.05) is 26.2 Å². The van der Waals surface area contributed by atoms with Gasteiger partial charge in [0, 0.05) is 57.2 Å². The van der Waals surface area contributed by atoms with Gasteiger partial charge in [-0.2, -0.15) is 0 Å². The van der Waals surface area contributed by atoms with Crippen LogP contribution in [-0.4, -0.2) is 51.1 Å². The molecular weight excluding hydrogens is 354 g/mol. The van der Waals surface area contributed by atoms with E-state index in [4.69, 9.17) is 0 Å². The third kappa shape index (κ3) is 2.89. The van der Waals surface area contributed by atoms with Crippen LogP contribution in [0.4, 0.5) is 0 Å². The normalized spacial score (nSPS) is 26.8. The number of imidazole rings is 1. The van der Waals surface area contributed by atoms with Crippen molar-refractivity contribution in [1.29, 1.82) is 0 Å². The van der Waals surface area contributed by atoms with Gasteiger partial charge in [0.05, 0.1) is 11.5 Å². The maximum atomic E-state index is 13.2. The van der Waals surface area contributed by atoms with Crippen LogP contribution in [0.3, 0.4) is 0 Å². The molecule has 3 aliphatic heterocycles. The van der Waals surface area contributed by atoms with E-state index in [1.165, 1.54) is 0 Å². The van der Waals surface area contributed by atoms with E-state index in [1.54, 1.807) is 6.20 Å². The Morgan fingerprint density at radius 1 is 1.25 bits per heavy atom. The number of likely N-dealkylation sites (tertiary alicyclic amines) is 1. The number of hydrogen-bond acceptors (Lipinski definition) is 4. The summed E-state index contributed by atoms with van der Waals surface area (Å²) in [6.45, 7) is 4.00. The highest BCUT2D eigenvalue weighted by atomic mass is 16.2. The van der Waals surface area contributed by atoms with Gasteiger partial charge in [0.2, 0.25) is 5.91 Å². The summed E-state index contributed by atoms with van der Waals surface area (Å²) >= 11 is 0. The van der Waals surface area contributed by atoms with Crippen molar-refractivity contribution in [3.05, 3.63) is 40.6 Å². The summed E-state index contributed by atoms with van der Waals surface area (Å²) in [6.07, 6.45) is 6.70. The first kappa shape index (κ1) is 17.7. The number of fused-ring (bicyclic) bond motifs is 4. The van der Waals surface area contributed by atoms with Gasteiger partial charge in [0.1, 0.15) is 5.82 Å². The van der Waals surface area contributed by atoms with Gasteiger partial charge in [0.15, 0.2) is 0 Å². The SMILES string of the molecule is Cn1ccnc1-c1ccc2n(c1=O)C[C@H]1C[C@@H]2CN(C(=O)[C@H]2CCCNC2)C1. The average Bonchev–Trinajstić information content (AvgIpc) is 3.14. The minimum absolute atomic E-state index is 0.0396. The fourth-order valence-corrected chi connectivity index (χ4v) is 5.24. The lowest BCUT2D eigenvalue weighted by Gasteiger charge is -2.44. The second kappa shape index (κ2) is 6.88. The lowest BCUT2D eigenvalue weighted by molar-refractivity contribution is -0.138. The number of rotatable bonds is 2. The van der Waals surface area contributed by atoms with Crippen molar-refractivity contribution in [1.82, 2.24) is 24.3 Å². The second-order valence-corrected chi connectivity index (χ2v) is 8.53. The predicted octanol–water partition coefficient (Wildman–Crippen LogP) is 1.19. The summed E-state index contributed by atoms with van der Waals surface area (Å²) < 4.78 is 3.82. The monoisotopic (exact) mass is 381 g/mol. The molecule has 0 aromatic carbocycles. The zero-order chi connectivity index (χ0) is 19.3. The smallest absolute Gasteiger partial charge is 0.261 e. The van der Waals surface area contributed by atoms with Crippen LogP contribution in [0.5, 0.6) is 0 Å². The molecule has 1 amide bonds. The molecule has 2 saturated heterocycles. The number of aryl methyl sites for hydroxylation is 1. The Hall–Kier alpha value is -2.41. The molecule has 5 rings (SSSR count). The van der Waals surface area contributed by atoms with Crippen LogP contribution in [0.15, 0.2) is 29.3 Å². The summed E-state index contributed by atoms with van der Waals surface area (Å²) in [5.41, 5.74) is 1.76. The first-order valence-corrected chi connectivity index (χ1v) is 10.3. The van der Waals surface area contributed by atoms with Crippen LogP contribution in [0.1, 0.15) is 30.9 Å². The second-order valence-electron chi connectivity index (χ2n) is 8.53. The van der Waals surface area contributed by atoms with E-state index >= 15 is 0 Å². The Balaban J connectivity index is 1.43. The number of nitrogens with one attached hydrogen (secondary N) is 1. The minimum atomic E-state index is 0.0396. The third-order valence-electron chi connectivity index (χ3n) is 6.62. The molecule has 5 heterocycles. The lowest BCUT2D eigenvalue weighted by atomic mass is 9.82. The molecule has 0 unspecified atom stereocenters. The maximum Gasteiger partial charge on any atom is 0.261 e. The van der Waals surface area contributed by atoms with Crippen molar-refractivity contribution >= 4 is 5.91 Å². The van der Waals surface area contributed by atoms with E-state index in [0.717, 1.165) is 51.1 Å². The van der Waals surface area contributed by atoms with Crippen LogP contribution < -0.4 is 10.9 Å². The van der Waals surface area contributed by atoms with Gasteiger partial charge in [-0.05, 0) is 43.9 Å². The molecular formula is C21H27N5O2. The van der Waals surface area contributed by atoms with Gasteiger partial charge in [0.25, 0.3) is 5.56 Å². The summed E-state index contributed by atoms with van der Waals surface area (Å²) in [4.78, 5) is 32.6. The molecule has 0 saturated carbocycles. The molecule has 3 aliphatic rings. The lowest BCUT2D eigenvalue weighted by Crippen LogP contribution is -2.52. The summed E-state index contributed by atoms with van der Waals surface area (Å²) in [7, 11) is 1.91. The summed E-state index contributed by atoms with van der Waals surface area (Å²) in [5, 5.41) is 3.35. The fraction of sp³-hybridized carbons (Fsp3) is 0.571. The van der Waals surface area contributed by atoms with Gasteiger partial charge in [-0.1, -0.05) is 0 Å². The Morgan fingerprint density at radius 2 is 2.14 bits per heavy atom. The van der Waals surface area contributed by atoms with Crippen molar-refractivity contribution in [3.63, 3.8) is 0 Å². The van der Waals surface area contributed by atoms with Crippen LogP contribution in [0.25, 0.3) is 11.4 Å². The van der Waals surface area contributed by atoms with Crippen LogP contribution >= 0.6 is 0 Å². The minimum Gasteiger partial charge on any atom is -0.341 e. The quantitative estimate of drug-likeness (QED) is 0.848. The number of carbonyl (C=O) groups excluding carboxylic acids is 1. The first-order valence-electron chi connectivity index (χ1n) is 10.3. The van der Waals surface area contributed by atoms with Crippen LogP contribution in [-0.2, 0) is 18.4 Å². The Bertz CT molecular complexity index is 956. The van der Waals surface area contributed by atoms with Crippen molar-refractivity contribution in [2.24, 2.45) is 18.9 Å². The third-order valence-corrected chi connectivity index (χ3v) is 6.62. The molecule has 148 valence electrons. The molecule has 7 nitrogen and oxygen atoms in total. The molecule has 2 aromatic heterocycles. The molecule has 0 spiro atoms. The Morgan fingerprint density at radius 3 is 2.89 bits per heavy atom. The van der Waals surface area contributed by atoms with Crippen molar-refractivity contribution < 1.29 is 4.79 Å². The number of carbonyl (C=O) groups is 1. The number of pyridine rings is 1. The van der Waals surface area contributed by atoms with Crippen LogP contribution in [0.2, 0.25) is 0 Å².